The zero-order valence-electron chi connectivity index (χ0n) is 8.82. The van der Waals surface area contributed by atoms with E-state index in [0.717, 1.165) is 16.5 Å². The van der Waals surface area contributed by atoms with Gasteiger partial charge in [0.1, 0.15) is 0 Å². The Kier molecular flexibility index (Phi) is 2.52. The first-order valence-electron chi connectivity index (χ1n) is 4.66. The second kappa shape index (κ2) is 3.72. The van der Waals surface area contributed by atoms with Crippen LogP contribution in [0.4, 0.5) is 4.79 Å². The highest BCUT2D eigenvalue weighted by atomic mass is 35.5. The molecule has 0 amide bonds. The topological polar surface area (TPSA) is 51.5 Å². The normalized spacial score (nSPS) is 10.7. The molecule has 5 heteroatoms. The fourth-order valence-electron chi connectivity index (χ4n) is 1.80. The van der Waals surface area contributed by atoms with Gasteiger partial charge in [-0.3, -0.25) is 0 Å². The minimum atomic E-state index is -1.32. The van der Waals surface area contributed by atoms with E-state index in [1.807, 2.05) is 6.07 Å². The molecule has 1 N–H and O–H groups in total. The first-order chi connectivity index (χ1) is 7.50. The van der Waals surface area contributed by atoms with Crippen LogP contribution in [0.1, 0.15) is 5.56 Å². The lowest BCUT2D eigenvalue weighted by Gasteiger charge is -2.02. The molecule has 1 aromatic carbocycles. The molecular formula is C11H10ClNO3. The lowest BCUT2D eigenvalue weighted by molar-refractivity contribution is 0.141. The Hall–Kier alpha value is -1.68. The van der Waals surface area contributed by atoms with Gasteiger partial charge in [0.2, 0.25) is 5.88 Å². The molecule has 1 aromatic heterocycles. The van der Waals surface area contributed by atoms with Crippen molar-refractivity contribution in [2.45, 2.75) is 6.92 Å². The van der Waals surface area contributed by atoms with E-state index in [2.05, 4.69) is 0 Å². The molecule has 0 unspecified atom stereocenters. The van der Waals surface area contributed by atoms with Gasteiger partial charge >= 0.3 is 6.16 Å². The van der Waals surface area contributed by atoms with Gasteiger partial charge < -0.3 is 14.4 Å². The van der Waals surface area contributed by atoms with Crippen LogP contribution in [-0.4, -0.2) is 15.8 Å². The summed E-state index contributed by atoms with van der Waals surface area (Å²) in [5.41, 5.74) is 1.65. The number of carboxylic acid groups (broad SMARTS) is 1. The largest absolute Gasteiger partial charge is 0.512 e. The predicted octanol–water partition coefficient (Wildman–Crippen LogP) is 3.20. The number of hydrogen-bond acceptors (Lipinski definition) is 2. The third-order valence-electron chi connectivity index (χ3n) is 2.53. The van der Waals surface area contributed by atoms with E-state index in [9.17, 15) is 4.79 Å². The van der Waals surface area contributed by atoms with E-state index < -0.39 is 6.16 Å². The smallest absolute Gasteiger partial charge is 0.449 e. The van der Waals surface area contributed by atoms with Crippen LogP contribution in [0.2, 0.25) is 5.02 Å². The van der Waals surface area contributed by atoms with Crippen LogP contribution in [0.3, 0.4) is 0 Å². The van der Waals surface area contributed by atoms with Crippen molar-refractivity contribution in [2.24, 2.45) is 7.05 Å². The molecule has 0 saturated carbocycles. The maximum Gasteiger partial charge on any atom is 0.512 e. The van der Waals surface area contributed by atoms with E-state index in [0.29, 0.717) is 10.9 Å². The van der Waals surface area contributed by atoms with Gasteiger partial charge in [0.05, 0.1) is 5.52 Å². The Morgan fingerprint density at radius 1 is 1.50 bits per heavy atom. The summed E-state index contributed by atoms with van der Waals surface area (Å²) in [6, 6.07) is 5.38. The number of halogens is 1. The molecule has 0 bridgehead atoms. The van der Waals surface area contributed by atoms with Gasteiger partial charge in [-0.1, -0.05) is 11.6 Å². The second-order valence-corrected chi connectivity index (χ2v) is 3.96. The second-order valence-electron chi connectivity index (χ2n) is 3.52. The minimum Gasteiger partial charge on any atom is -0.449 e. The molecule has 16 heavy (non-hydrogen) atoms. The molecule has 0 radical (unpaired) electrons. The summed E-state index contributed by atoms with van der Waals surface area (Å²) in [6.45, 7) is 1.80. The lowest BCUT2D eigenvalue weighted by Crippen LogP contribution is -2.07. The maximum absolute atomic E-state index is 10.6. The van der Waals surface area contributed by atoms with E-state index in [1.165, 1.54) is 0 Å². The van der Waals surface area contributed by atoms with E-state index in [1.54, 1.807) is 30.7 Å². The quantitative estimate of drug-likeness (QED) is 0.778. The highest BCUT2D eigenvalue weighted by molar-refractivity contribution is 6.31. The van der Waals surface area contributed by atoms with Crippen molar-refractivity contribution >= 4 is 28.7 Å². The standard InChI is InChI=1S/C11H10ClNO3/c1-6-8-5-7(12)3-4-9(8)13(2)10(6)16-11(14)15/h3-5H,1-2H3,(H,14,15). The molecule has 0 fully saturated rings. The monoisotopic (exact) mass is 239 g/mol. The van der Waals surface area contributed by atoms with Gasteiger partial charge in [-0.05, 0) is 25.1 Å². The van der Waals surface area contributed by atoms with Crippen LogP contribution in [0.25, 0.3) is 10.9 Å². The molecule has 0 aliphatic heterocycles. The van der Waals surface area contributed by atoms with Crippen molar-refractivity contribution in [3.05, 3.63) is 28.8 Å². The lowest BCUT2D eigenvalue weighted by atomic mass is 10.2. The molecule has 84 valence electrons. The Balaban J connectivity index is 2.71. The zero-order chi connectivity index (χ0) is 11.9. The van der Waals surface area contributed by atoms with Crippen LogP contribution in [-0.2, 0) is 7.05 Å². The SMILES string of the molecule is Cc1c(OC(=O)O)n(C)c2ccc(Cl)cc12. The fourth-order valence-corrected chi connectivity index (χ4v) is 1.98. The van der Waals surface area contributed by atoms with Crippen molar-refractivity contribution in [3.8, 4) is 5.88 Å². The maximum atomic E-state index is 10.6. The van der Waals surface area contributed by atoms with Gasteiger partial charge in [-0.2, -0.15) is 0 Å². The van der Waals surface area contributed by atoms with Crippen LogP contribution in [0.15, 0.2) is 18.2 Å². The molecule has 0 aliphatic rings. The highest BCUT2D eigenvalue weighted by Gasteiger charge is 2.15. The summed E-state index contributed by atoms with van der Waals surface area (Å²) in [5, 5.41) is 10.1. The number of hydrogen-bond donors (Lipinski definition) is 1. The average Bonchev–Trinajstić information content (AvgIpc) is 2.43. The van der Waals surface area contributed by atoms with Crippen LogP contribution < -0.4 is 4.74 Å². The average molecular weight is 240 g/mol. The third kappa shape index (κ3) is 1.61. The van der Waals surface area contributed by atoms with Crippen molar-refractivity contribution in [1.29, 1.82) is 0 Å². The molecule has 1 heterocycles. The first kappa shape index (κ1) is 10.8. The van der Waals surface area contributed by atoms with Gasteiger partial charge in [0, 0.05) is 23.0 Å². The summed E-state index contributed by atoms with van der Waals surface area (Å²) in [5.74, 6) is 0.324. The summed E-state index contributed by atoms with van der Waals surface area (Å²) in [7, 11) is 1.75. The molecule has 0 spiro atoms. The number of nitrogens with zero attached hydrogens (tertiary/aromatic N) is 1. The summed E-state index contributed by atoms with van der Waals surface area (Å²) in [6.07, 6.45) is -1.32. The molecule has 4 nitrogen and oxygen atoms in total. The van der Waals surface area contributed by atoms with E-state index >= 15 is 0 Å². The van der Waals surface area contributed by atoms with Gasteiger partial charge in [0.15, 0.2) is 0 Å². The van der Waals surface area contributed by atoms with E-state index in [-0.39, 0.29) is 0 Å². The molecular weight excluding hydrogens is 230 g/mol. The van der Waals surface area contributed by atoms with Gasteiger partial charge in [-0.15, -0.1) is 0 Å². The molecule has 2 rings (SSSR count). The summed E-state index contributed by atoms with van der Waals surface area (Å²) < 4.78 is 6.43. The molecule has 0 saturated heterocycles. The van der Waals surface area contributed by atoms with Crippen LogP contribution >= 0.6 is 11.6 Å². The summed E-state index contributed by atoms with van der Waals surface area (Å²) >= 11 is 5.89. The minimum absolute atomic E-state index is 0.324. The molecule has 0 aliphatic carbocycles. The number of aromatic nitrogens is 1. The predicted molar refractivity (Wildman–Crippen MR) is 61.3 cm³/mol. The highest BCUT2D eigenvalue weighted by Crippen LogP contribution is 2.32. The number of aryl methyl sites for hydroxylation is 2. The fraction of sp³-hybridized carbons (Fsp3) is 0.182. The Morgan fingerprint density at radius 2 is 2.19 bits per heavy atom. The van der Waals surface area contributed by atoms with Crippen molar-refractivity contribution in [1.82, 2.24) is 4.57 Å². The number of ether oxygens (including phenoxy) is 1. The van der Waals surface area contributed by atoms with Gasteiger partial charge in [0.25, 0.3) is 0 Å². The first-order valence-corrected chi connectivity index (χ1v) is 5.04. The van der Waals surface area contributed by atoms with Crippen LogP contribution in [0, 0.1) is 6.92 Å². The number of carbonyl (C=O) groups is 1. The summed E-state index contributed by atoms with van der Waals surface area (Å²) in [4.78, 5) is 10.6. The van der Waals surface area contributed by atoms with Crippen molar-refractivity contribution in [2.75, 3.05) is 0 Å². The Morgan fingerprint density at radius 3 is 2.81 bits per heavy atom. The molecule has 0 atom stereocenters. The van der Waals surface area contributed by atoms with E-state index in [4.69, 9.17) is 21.4 Å². The Labute approximate surface area is 97.0 Å². The third-order valence-corrected chi connectivity index (χ3v) is 2.77. The molecule has 2 aromatic rings. The number of fused-ring (bicyclic) bond motifs is 1. The van der Waals surface area contributed by atoms with Gasteiger partial charge in [-0.25, -0.2) is 4.79 Å². The van der Waals surface area contributed by atoms with Crippen molar-refractivity contribution in [3.63, 3.8) is 0 Å². The number of rotatable bonds is 1. The number of benzene rings is 1. The Bertz CT molecular complexity index is 574. The van der Waals surface area contributed by atoms with Crippen molar-refractivity contribution < 1.29 is 14.6 Å². The zero-order valence-corrected chi connectivity index (χ0v) is 9.58. The van der Waals surface area contributed by atoms with Crippen LogP contribution in [0.5, 0.6) is 5.88 Å².